The zero-order valence-electron chi connectivity index (χ0n) is 14.3. The number of nitrogens with one attached hydrogen (secondary N) is 1. The van der Waals surface area contributed by atoms with Crippen molar-refractivity contribution in [2.45, 2.75) is 31.7 Å². The fraction of sp³-hybridized carbons (Fsp3) is 0.381. The summed E-state index contributed by atoms with van der Waals surface area (Å²) in [6, 6.07) is 20.9. The lowest BCUT2D eigenvalue weighted by Crippen LogP contribution is -2.31. The average molecular weight is 322 g/mol. The zero-order valence-corrected chi connectivity index (χ0v) is 14.3. The molecule has 24 heavy (non-hydrogen) atoms. The normalized spacial score (nSPS) is 19.1. The maximum atomic E-state index is 12.2. The average Bonchev–Trinajstić information content (AvgIpc) is 3.10. The monoisotopic (exact) mass is 322 g/mol. The highest BCUT2D eigenvalue weighted by Crippen LogP contribution is 2.26. The Labute approximate surface area is 144 Å². The van der Waals surface area contributed by atoms with Crippen LogP contribution in [0.1, 0.15) is 42.9 Å². The van der Waals surface area contributed by atoms with E-state index in [0.717, 1.165) is 25.2 Å². The third-order valence-corrected chi connectivity index (χ3v) is 4.88. The Morgan fingerprint density at radius 3 is 2.50 bits per heavy atom. The van der Waals surface area contributed by atoms with Gasteiger partial charge in [-0.2, -0.15) is 0 Å². The van der Waals surface area contributed by atoms with Crippen LogP contribution in [0.5, 0.6) is 0 Å². The number of benzene rings is 2. The molecule has 0 spiro atoms. The van der Waals surface area contributed by atoms with E-state index in [4.69, 9.17) is 0 Å². The highest BCUT2D eigenvalue weighted by molar-refractivity contribution is 5.76. The highest BCUT2D eigenvalue weighted by atomic mass is 16.1. The molecule has 126 valence electrons. The zero-order chi connectivity index (χ0) is 16.8. The first-order chi connectivity index (χ1) is 11.7. The van der Waals surface area contributed by atoms with E-state index in [-0.39, 0.29) is 11.9 Å². The van der Waals surface area contributed by atoms with Gasteiger partial charge in [0.05, 0.1) is 6.04 Å². The lowest BCUT2D eigenvalue weighted by Gasteiger charge is -2.18. The van der Waals surface area contributed by atoms with Crippen LogP contribution in [0, 0.1) is 0 Å². The van der Waals surface area contributed by atoms with Gasteiger partial charge in [-0.25, -0.2) is 0 Å². The number of carbonyl (C=O) groups is 1. The quantitative estimate of drug-likeness (QED) is 0.878. The molecule has 1 heterocycles. The Morgan fingerprint density at radius 1 is 1.12 bits per heavy atom. The molecule has 1 N–H and O–H groups in total. The molecule has 0 saturated carbocycles. The molecule has 1 amide bonds. The van der Waals surface area contributed by atoms with Gasteiger partial charge in [-0.15, -0.1) is 0 Å². The Hall–Kier alpha value is -2.13. The number of amides is 1. The minimum absolute atomic E-state index is 0.0642. The van der Waals surface area contributed by atoms with Crippen molar-refractivity contribution in [2.75, 3.05) is 19.6 Å². The van der Waals surface area contributed by atoms with Crippen LogP contribution in [0.2, 0.25) is 0 Å². The number of carbonyl (C=O) groups excluding carboxylic acids is 1. The summed E-state index contributed by atoms with van der Waals surface area (Å²) in [5, 5.41) is 3.10. The predicted molar refractivity (Wildman–Crippen MR) is 97.9 cm³/mol. The van der Waals surface area contributed by atoms with Gasteiger partial charge in [0.2, 0.25) is 5.91 Å². The highest BCUT2D eigenvalue weighted by Gasteiger charge is 2.23. The van der Waals surface area contributed by atoms with E-state index < -0.39 is 0 Å². The molecule has 3 heteroatoms. The van der Waals surface area contributed by atoms with Gasteiger partial charge in [-0.1, -0.05) is 60.7 Å². The van der Waals surface area contributed by atoms with Crippen LogP contribution in [-0.2, 0) is 4.79 Å². The standard InChI is InChI=1S/C21H26N2O/c1-17(18-8-4-2-5-9-18)22-21(24)13-15-23-14-12-20(16-23)19-10-6-3-7-11-19/h2-11,17,20H,12-16H2,1H3,(H,22,24)/t17-,20+/m0/s1. The van der Waals surface area contributed by atoms with Crippen LogP contribution in [0.25, 0.3) is 0 Å². The molecule has 0 aliphatic carbocycles. The van der Waals surface area contributed by atoms with Gasteiger partial charge in [0.25, 0.3) is 0 Å². The van der Waals surface area contributed by atoms with Crippen molar-refractivity contribution in [2.24, 2.45) is 0 Å². The molecule has 0 bridgehead atoms. The van der Waals surface area contributed by atoms with E-state index in [9.17, 15) is 4.79 Å². The van der Waals surface area contributed by atoms with Crippen LogP contribution >= 0.6 is 0 Å². The molecular formula is C21H26N2O. The molecule has 1 aliphatic rings. The molecular weight excluding hydrogens is 296 g/mol. The molecule has 2 aromatic rings. The SMILES string of the molecule is C[C@H](NC(=O)CCN1CC[C@@H](c2ccccc2)C1)c1ccccc1. The third-order valence-electron chi connectivity index (χ3n) is 4.88. The molecule has 3 rings (SSSR count). The summed E-state index contributed by atoms with van der Waals surface area (Å²) < 4.78 is 0. The van der Waals surface area contributed by atoms with E-state index in [1.165, 1.54) is 12.0 Å². The van der Waals surface area contributed by atoms with Crippen LogP contribution in [-0.4, -0.2) is 30.4 Å². The lowest BCUT2D eigenvalue weighted by molar-refractivity contribution is -0.122. The summed E-state index contributed by atoms with van der Waals surface area (Å²) in [5.41, 5.74) is 2.57. The van der Waals surface area contributed by atoms with Crippen LogP contribution in [0.4, 0.5) is 0 Å². The van der Waals surface area contributed by atoms with Gasteiger partial charge in [-0.05, 0) is 36.9 Å². The minimum Gasteiger partial charge on any atom is -0.350 e. The molecule has 2 atom stereocenters. The maximum absolute atomic E-state index is 12.2. The second kappa shape index (κ2) is 8.11. The number of rotatable bonds is 6. The van der Waals surface area contributed by atoms with E-state index in [1.54, 1.807) is 0 Å². The molecule has 1 saturated heterocycles. The van der Waals surface area contributed by atoms with Crippen molar-refractivity contribution in [3.63, 3.8) is 0 Å². The van der Waals surface area contributed by atoms with E-state index in [2.05, 4.69) is 52.7 Å². The van der Waals surface area contributed by atoms with Gasteiger partial charge in [-0.3, -0.25) is 4.79 Å². The first-order valence-corrected chi connectivity index (χ1v) is 8.84. The van der Waals surface area contributed by atoms with Gasteiger partial charge in [0, 0.05) is 19.5 Å². The molecule has 1 fully saturated rings. The number of nitrogens with zero attached hydrogens (tertiary/aromatic N) is 1. The van der Waals surface area contributed by atoms with Crippen LogP contribution in [0.3, 0.4) is 0 Å². The van der Waals surface area contributed by atoms with Crippen molar-refractivity contribution in [3.8, 4) is 0 Å². The molecule has 2 aromatic carbocycles. The smallest absolute Gasteiger partial charge is 0.221 e. The predicted octanol–water partition coefficient (Wildman–Crippen LogP) is 3.74. The lowest BCUT2D eigenvalue weighted by atomic mass is 9.99. The Bertz CT molecular complexity index is 641. The van der Waals surface area contributed by atoms with Crippen molar-refractivity contribution < 1.29 is 4.79 Å². The topological polar surface area (TPSA) is 32.3 Å². The molecule has 0 radical (unpaired) electrons. The summed E-state index contributed by atoms with van der Waals surface area (Å²) >= 11 is 0. The third kappa shape index (κ3) is 4.45. The van der Waals surface area contributed by atoms with Crippen molar-refractivity contribution in [1.82, 2.24) is 10.2 Å². The number of likely N-dealkylation sites (tertiary alicyclic amines) is 1. The summed E-state index contributed by atoms with van der Waals surface area (Å²) in [7, 11) is 0. The van der Waals surface area contributed by atoms with Gasteiger partial charge < -0.3 is 10.2 Å². The summed E-state index contributed by atoms with van der Waals surface area (Å²) in [4.78, 5) is 14.6. The van der Waals surface area contributed by atoms with Crippen molar-refractivity contribution in [3.05, 3.63) is 71.8 Å². The Kier molecular flexibility index (Phi) is 5.65. The van der Waals surface area contributed by atoms with E-state index >= 15 is 0 Å². The van der Waals surface area contributed by atoms with Crippen LogP contribution in [0.15, 0.2) is 60.7 Å². The van der Waals surface area contributed by atoms with Gasteiger partial charge in [0.15, 0.2) is 0 Å². The summed E-state index contributed by atoms with van der Waals surface area (Å²) in [6.45, 7) is 5.03. The summed E-state index contributed by atoms with van der Waals surface area (Å²) in [5.74, 6) is 0.743. The molecule has 3 nitrogen and oxygen atoms in total. The minimum atomic E-state index is 0.0642. The van der Waals surface area contributed by atoms with E-state index in [1.807, 2.05) is 25.1 Å². The number of hydrogen-bond donors (Lipinski definition) is 1. The largest absolute Gasteiger partial charge is 0.350 e. The van der Waals surface area contributed by atoms with Gasteiger partial charge >= 0.3 is 0 Å². The van der Waals surface area contributed by atoms with E-state index in [0.29, 0.717) is 12.3 Å². The molecule has 0 unspecified atom stereocenters. The molecule has 0 aromatic heterocycles. The van der Waals surface area contributed by atoms with Crippen LogP contribution < -0.4 is 5.32 Å². The first-order valence-electron chi connectivity index (χ1n) is 8.84. The molecule has 1 aliphatic heterocycles. The van der Waals surface area contributed by atoms with Crippen molar-refractivity contribution >= 4 is 5.91 Å². The Balaban J connectivity index is 1.42. The first kappa shape index (κ1) is 16.7. The second-order valence-corrected chi connectivity index (χ2v) is 6.65. The fourth-order valence-electron chi connectivity index (χ4n) is 3.43. The van der Waals surface area contributed by atoms with Gasteiger partial charge in [0.1, 0.15) is 0 Å². The fourth-order valence-corrected chi connectivity index (χ4v) is 3.43. The second-order valence-electron chi connectivity index (χ2n) is 6.65. The summed E-state index contributed by atoms with van der Waals surface area (Å²) in [6.07, 6.45) is 1.75. The Morgan fingerprint density at radius 2 is 1.79 bits per heavy atom. The maximum Gasteiger partial charge on any atom is 0.221 e. The van der Waals surface area contributed by atoms with Crippen molar-refractivity contribution in [1.29, 1.82) is 0 Å². The number of hydrogen-bond acceptors (Lipinski definition) is 2.